The molecule has 6 heteroatoms. The summed E-state index contributed by atoms with van der Waals surface area (Å²) in [7, 11) is 0. The highest BCUT2D eigenvalue weighted by Crippen LogP contribution is 2.35. The molecule has 1 heterocycles. The Morgan fingerprint density at radius 2 is 1.96 bits per heavy atom. The van der Waals surface area contributed by atoms with Gasteiger partial charge in [0, 0.05) is 23.1 Å². The van der Waals surface area contributed by atoms with Crippen molar-refractivity contribution in [3.05, 3.63) is 59.7 Å². The number of carbonyl (C=O) groups is 2. The molecule has 2 N–H and O–H groups in total. The lowest BCUT2D eigenvalue weighted by atomic mass is 9.94. The van der Waals surface area contributed by atoms with E-state index in [1.165, 1.54) is 0 Å². The van der Waals surface area contributed by atoms with Crippen molar-refractivity contribution in [1.82, 2.24) is 5.32 Å². The zero-order valence-electron chi connectivity index (χ0n) is 13.8. The van der Waals surface area contributed by atoms with E-state index in [0.29, 0.717) is 17.9 Å². The van der Waals surface area contributed by atoms with Crippen LogP contribution in [0.15, 0.2) is 48.5 Å². The summed E-state index contributed by atoms with van der Waals surface area (Å²) in [6.45, 7) is 2.09. The standard InChI is InChI=1S/C19H19NO5/c1-12(16-10-25-17-5-3-2-4-15(16)17)20-19(23)13-6-8-14(9-7-13)24-11-18(21)22/h2-9,12,16H,10-11H2,1H3,(H,20,23)(H,21,22). The first kappa shape index (κ1) is 16.8. The minimum absolute atomic E-state index is 0.0842. The second kappa shape index (κ2) is 7.25. The van der Waals surface area contributed by atoms with E-state index in [9.17, 15) is 9.59 Å². The summed E-state index contributed by atoms with van der Waals surface area (Å²) in [5.74, 6) is 0.147. The van der Waals surface area contributed by atoms with Crippen LogP contribution in [-0.2, 0) is 4.79 Å². The molecular weight excluding hydrogens is 322 g/mol. The summed E-state index contributed by atoms with van der Waals surface area (Å²) in [5.41, 5.74) is 1.59. The number of amides is 1. The Morgan fingerprint density at radius 1 is 1.24 bits per heavy atom. The fraction of sp³-hybridized carbons (Fsp3) is 0.263. The van der Waals surface area contributed by atoms with Crippen LogP contribution in [0.5, 0.6) is 11.5 Å². The number of carbonyl (C=O) groups excluding carboxylic acids is 1. The van der Waals surface area contributed by atoms with Gasteiger partial charge < -0.3 is 19.9 Å². The largest absolute Gasteiger partial charge is 0.493 e. The molecule has 130 valence electrons. The maximum absolute atomic E-state index is 12.4. The number of fused-ring (bicyclic) bond motifs is 1. The highest BCUT2D eigenvalue weighted by atomic mass is 16.5. The van der Waals surface area contributed by atoms with E-state index in [1.54, 1.807) is 24.3 Å². The molecule has 1 aliphatic rings. The van der Waals surface area contributed by atoms with Gasteiger partial charge >= 0.3 is 5.97 Å². The monoisotopic (exact) mass is 341 g/mol. The molecule has 2 atom stereocenters. The van der Waals surface area contributed by atoms with Crippen LogP contribution in [0.3, 0.4) is 0 Å². The van der Waals surface area contributed by atoms with Gasteiger partial charge in [0.1, 0.15) is 11.5 Å². The zero-order chi connectivity index (χ0) is 17.8. The van der Waals surface area contributed by atoms with Crippen molar-refractivity contribution in [2.24, 2.45) is 0 Å². The Bertz CT molecular complexity index is 772. The van der Waals surface area contributed by atoms with E-state index in [-0.39, 0.29) is 17.9 Å². The van der Waals surface area contributed by atoms with E-state index < -0.39 is 12.6 Å². The normalized spacial score (nSPS) is 16.4. The highest BCUT2D eigenvalue weighted by molar-refractivity contribution is 5.94. The number of hydrogen-bond acceptors (Lipinski definition) is 4. The predicted molar refractivity (Wildman–Crippen MR) is 91.2 cm³/mol. The Morgan fingerprint density at radius 3 is 2.68 bits per heavy atom. The second-order valence-electron chi connectivity index (χ2n) is 5.92. The van der Waals surface area contributed by atoms with Crippen molar-refractivity contribution in [3.8, 4) is 11.5 Å². The topological polar surface area (TPSA) is 84.9 Å². The minimum Gasteiger partial charge on any atom is -0.493 e. The third kappa shape index (κ3) is 3.91. The van der Waals surface area contributed by atoms with Crippen molar-refractivity contribution in [1.29, 1.82) is 0 Å². The lowest BCUT2D eigenvalue weighted by molar-refractivity contribution is -0.139. The number of para-hydroxylation sites is 1. The lowest BCUT2D eigenvalue weighted by Crippen LogP contribution is -2.37. The van der Waals surface area contributed by atoms with Crippen LogP contribution in [0.4, 0.5) is 0 Å². The number of rotatable bonds is 6. The van der Waals surface area contributed by atoms with Gasteiger partial charge in [-0.25, -0.2) is 4.79 Å². The number of ether oxygens (including phenoxy) is 2. The summed E-state index contributed by atoms with van der Waals surface area (Å²) in [6, 6.07) is 14.1. The molecule has 2 aromatic carbocycles. The van der Waals surface area contributed by atoms with Gasteiger partial charge in [-0.05, 0) is 37.3 Å². The smallest absolute Gasteiger partial charge is 0.341 e. The van der Waals surface area contributed by atoms with Crippen LogP contribution >= 0.6 is 0 Å². The Hall–Kier alpha value is -3.02. The molecule has 1 aliphatic heterocycles. The molecule has 0 aromatic heterocycles. The van der Waals surface area contributed by atoms with Gasteiger partial charge in [-0.1, -0.05) is 18.2 Å². The van der Waals surface area contributed by atoms with E-state index >= 15 is 0 Å². The fourth-order valence-corrected chi connectivity index (χ4v) is 2.84. The van der Waals surface area contributed by atoms with Gasteiger partial charge in [-0.15, -0.1) is 0 Å². The third-order valence-corrected chi connectivity index (χ3v) is 4.18. The Balaban J connectivity index is 1.61. The molecule has 0 radical (unpaired) electrons. The second-order valence-corrected chi connectivity index (χ2v) is 5.92. The Kier molecular flexibility index (Phi) is 4.88. The average Bonchev–Trinajstić information content (AvgIpc) is 3.04. The number of hydrogen-bond donors (Lipinski definition) is 2. The van der Waals surface area contributed by atoms with Crippen LogP contribution in [0.2, 0.25) is 0 Å². The first-order valence-electron chi connectivity index (χ1n) is 8.02. The van der Waals surface area contributed by atoms with Crippen molar-refractivity contribution >= 4 is 11.9 Å². The molecule has 0 aliphatic carbocycles. The molecule has 0 saturated heterocycles. The van der Waals surface area contributed by atoms with Gasteiger partial charge in [-0.3, -0.25) is 4.79 Å². The summed E-state index contributed by atoms with van der Waals surface area (Å²) in [6.07, 6.45) is 0. The third-order valence-electron chi connectivity index (χ3n) is 4.18. The van der Waals surface area contributed by atoms with Crippen molar-refractivity contribution in [2.75, 3.05) is 13.2 Å². The van der Waals surface area contributed by atoms with Crippen molar-refractivity contribution < 1.29 is 24.2 Å². The molecule has 2 unspecified atom stereocenters. The molecule has 0 spiro atoms. The maximum Gasteiger partial charge on any atom is 0.341 e. The number of aliphatic carboxylic acids is 1. The number of benzene rings is 2. The molecule has 3 rings (SSSR count). The Labute approximate surface area is 145 Å². The molecule has 0 saturated carbocycles. The molecular formula is C19H19NO5. The van der Waals surface area contributed by atoms with Gasteiger partial charge in [0.2, 0.25) is 0 Å². The first-order valence-corrected chi connectivity index (χ1v) is 8.02. The summed E-state index contributed by atoms with van der Waals surface area (Å²) < 4.78 is 10.7. The number of nitrogens with one attached hydrogen (secondary N) is 1. The highest BCUT2D eigenvalue weighted by Gasteiger charge is 2.29. The van der Waals surface area contributed by atoms with Crippen LogP contribution in [0, 0.1) is 0 Å². The zero-order valence-corrected chi connectivity index (χ0v) is 13.8. The number of carboxylic acids is 1. The molecule has 6 nitrogen and oxygen atoms in total. The van der Waals surface area contributed by atoms with Crippen LogP contribution in [0.25, 0.3) is 0 Å². The fourth-order valence-electron chi connectivity index (χ4n) is 2.84. The number of carboxylic acid groups (broad SMARTS) is 1. The summed E-state index contributed by atoms with van der Waals surface area (Å²) >= 11 is 0. The molecule has 2 aromatic rings. The molecule has 1 amide bonds. The van der Waals surface area contributed by atoms with Crippen LogP contribution in [-0.4, -0.2) is 36.2 Å². The molecule has 0 bridgehead atoms. The molecule has 25 heavy (non-hydrogen) atoms. The SMILES string of the molecule is CC(NC(=O)c1ccc(OCC(=O)O)cc1)C1COc2ccccc21. The van der Waals surface area contributed by atoms with Gasteiger partial charge in [0.25, 0.3) is 5.91 Å². The average molecular weight is 341 g/mol. The van der Waals surface area contributed by atoms with Crippen LogP contribution < -0.4 is 14.8 Å². The van der Waals surface area contributed by atoms with Gasteiger partial charge in [0.15, 0.2) is 6.61 Å². The van der Waals surface area contributed by atoms with Crippen LogP contribution in [0.1, 0.15) is 28.8 Å². The summed E-state index contributed by atoms with van der Waals surface area (Å²) in [5, 5.41) is 11.6. The quantitative estimate of drug-likeness (QED) is 0.843. The van der Waals surface area contributed by atoms with E-state index in [1.807, 2.05) is 31.2 Å². The van der Waals surface area contributed by atoms with Gasteiger partial charge in [-0.2, -0.15) is 0 Å². The summed E-state index contributed by atoms with van der Waals surface area (Å²) in [4.78, 5) is 22.9. The first-order chi connectivity index (χ1) is 12.0. The lowest BCUT2D eigenvalue weighted by Gasteiger charge is -2.20. The van der Waals surface area contributed by atoms with E-state index in [2.05, 4.69) is 5.32 Å². The minimum atomic E-state index is -1.05. The van der Waals surface area contributed by atoms with Crippen molar-refractivity contribution in [2.45, 2.75) is 18.9 Å². The predicted octanol–water partition coefficient (Wildman–Crippen LogP) is 2.44. The van der Waals surface area contributed by atoms with E-state index in [4.69, 9.17) is 14.6 Å². The molecule has 0 fully saturated rings. The van der Waals surface area contributed by atoms with Gasteiger partial charge in [0.05, 0.1) is 6.61 Å². The van der Waals surface area contributed by atoms with E-state index in [0.717, 1.165) is 11.3 Å². The maximum atomic E-state index is 12.4. The van der Waals surface area contributed by atoms with Crippen molar-refractivity contribution in [3.63, 3.8) is 0 Å².